The summed E-state index contributed by atoms with van der Waals surface area (Å²) in [6.45, 7) is 6.86. The molecule has 0 spiro atoms. The van der Waals surface area contributed by atoms with Gasteiger partial charge in [0, 0.05) is 24.0 Å². The summed E-state index contributed by atoms with van der Waals surface area (Å²) in [6, 6.07) is 8.50. The number of anilines is 1. The Morgan fingerprint density at radius 2 is 2.33 bits per heavy atom. The number of hydrogen-bond acceptors (Lipinski definition) is 4. The largest absolute Gasteiger partial charge is 0.301 e. The first-order valence-electron chi connectivity index (χ1n) is 8.61. The van der Waals surface area contributed by atoms with Gasteiger partial charge in [-0.2, -0.15) is 0 Å². The first kappa shape index (κ1) is 17.1. The average Bonchev–Trinajstić information content (AvgIpc) is 2.94. The van der Waals surface area contributed by atoms with Crippen molar-refractivity contribution in [2.75, 3.05) is 25.0 Å². The maximum atomic E-state index is 12.2. The number of likely N-dealkylation sites (tertiary alicyclic amines) is 1. The highest BCUT2D eigenvalue weighted by atomic mass is 32.1. The van der Waals surface area contributed by atoms with E-state index < -0.39 is 0 Å². The SMILES string of the molecule is Cc1cccc(Cc2cnc(NC(=O)CN3CCCC(C)C3)s2)c1. The minimum Gasteiger partial charge on any atom is -0.301 e. The third kappa shape index (κ3) is 4.89. The quantitative estimate of drug-likeness (QED) is 0.900. The molecule has 5 heteroatoms. The van der Waals surface area contributed by atoms with Gasteiger partial charge in [0.25, 0.3) is 0 Å². The minimum absolute atomic E-state index is 0.0422. The third-order valence-electron chi connectivity index (χ3n) is 4.37. The Bertz CT molecular complexity index is 697. The normalized spacial score (nSPS) is 18.5. The zero-order valence-electron chi connectivity index (χ0n) is 14.4. The van der Waals surface area contributed by atoms with Crippen LogP contribution in [0.5, 0.6) is 0 Å². The van der Waals surface area contributed by atoms with Crippen LogP contribution >= 0.6 is 11.3 Å². The molecule has 2 aromatic rings. The zero-order chi connectivity index (χ0) is 16.9. The monoisotopic (exact) mass is 343 g/mol. The number of piperidine rings is 1. The second-order valence-electron chi connectivity index (χ2n) is 6.83. The van der Waals surface area contributed by atoms with Gasteiger partial charge in [-0.1, -0.05) is 36.8 Å². The molecule has 4 nitrogen and oxygen atoms in total. The molecule has 1 saturated heterocycles. The number of nitrogens with one attached hydrogen (secondary N) is 1. The molecule has 2 heterocycles. The first-order valence-corrected chi connectivity index (χ1v) is 9.42. The van der Waals surface area contributed by atoms with Crippen LogP contribution < -0.4 is 5.32 Å². The molecule has 0 saturated carbocycles. The second-order valence-corrected chi connectivity index (χ2v) is 7.94. The third-order valence-corrected chi connectivity index (χ3v) is 5.28. The number of aryl methyl sites for hydroxylation is 1. The van der Waals surface area contributed by atoms with Crippen molar-refractivity contribution in [3.05, 3.63) is 46.5 Å². The van der Waals surface area contributed by atoms with Crippen LogP contribution in [0.1, 0.15) is 35.8 Å². The summed E-state index contributed by atoms with van der Waals surface area (Å²) in [7, 11) is 0. The number of carbonyl (C=O) groups is 1. The fourth-order valence-corrected chi connectivity index (χ4v) is 4.13. The molecular weight excluding hydrogens is 318 g/mol. The van der Waals surface area contributed by atoms with E-state index in [0.29, 0.717) is 17.6 Å². The summed E-state index contributed by atoms with van der Waals surface area (Å²) in [6.07, 6.45) is 5.18. The van der Waals surface area contributed by atoms with Crippen LogP contribution in [-0.4, -0.2) is 35.4 Å². The Labute approximate surface area is 147 Å². The van der Waals surface area contributed by atoms with Crippen molar-refractivity contribution in [1.29, 1.82) is 0 Å². The van der Waals surface area contributed by atoms with E-state index in [1.807, 2.05) is 6.20 Å². The predicted octanol–water partition coefficient (Wildman–Crippen LogP) is 3.71. The van der Waals surface area contributed by atoms with Gasteiger partial charge in [-0.25, -0.2) is 4.98 Å². The van der Waals surface area contributed by atoms with Crippen LogP contribution in [0.2, 0.25) is 0 Å². The Morgan fingerprint density at radius 1 is 1.46 bits per heavy atom. The van der Waals surface area contributed by atoms with Crippen molar-refractivity contribution in [2.45, 2.75) is 33.1 Å². The summed E-state index contributed by atoms with van der Waals surface area (Å²) >= 11 is 1.56. The van der Waals surface area contributed by atoms with Gasteiger partial charge < -0.3 is 5.32 Å². The van der Waals surface area contributed by atoms with Crippen molar-refractivity contribution >= 4 is 22.4 Å². The van der Waals surface area contributed by atoms with Crippen LogP contribution in [0.4, 0.5) is 5.13 Å². The van der Waals surface area contributed by atoms with Gasteiger partial charge in [-0.3, -0.25) is 9.69 Å². The molecule has 0 aliphatic carbocycles. The lowest BCUT2D eigenvalue weighted by Crippen LogP contribution is -2.39. The van der Waals surface area contributed by atoms with E-state index in [1.165, 1.54) is 28.8 Å². The molecule has 1 unspecified atom stereocenters. The van der Waals surface area contributed by atoms with E-state index in [1.54, 1.807) is 11.3 Å². The minimum atomic E-state index is 0.0422. The molecule has 24 heavy (non-hydrogen) atoms. The van der Waals surface area contributed by atoms with Gasteiger partial charge >= 0.3 is 0 Å². The fourth-order valence-electron chi connectivity index (χ4n) is 3.26. The lowest BCUT2D eigenvalue weighted by Gasteiger charge is -2.29. The van der Waals surface area contributed by atoms with Gasteiger partial charge in [0.05, 0.1) is 6.54 Å². The van der Waals surface area contributed by atoms with Crippen molar-refractivity contribution in [1.82, 2.24) is 9.88 Å². The maximum absolute atomic E-state index is 12.2. The Balaban J connectivity index is 1.52. The highest BCUT2D eigenvalue weighted by molar-refractivity contribution is 7.15. The molecule has 1 aromatic heterocycles. The topological polar surface area (TPSA) is 45.2 Å². The van der Waals surface area contributed by atoms with E-state index in [4.69, 9.17) is 0 Å². The number of rotatable bonds is 5. The molecule has 3 rings (SSSR count). The van der Waals surface area contributed by atoms with E-state index in [2.05, 4.69) is 53.3 Å². The number of carbonyl (C=O) groups excluding carboxylic acids is 1. The number of amides is 1. The molecule has 1 aliphatic rings. The Kier molecular flexibility index (Phi) is 5.63. The van der Waals surface area contributed by atoms with Crippen LogP contribution in [0.25, 0.3) is 0 Å². The van der Waals surface area contributed by atoms with E-state index in [9.17, 15) is 4.79 Å². The lowest BCUT2D eigenvalue weighted by atomic mass is 10.0. The number of thiazole rings is 1. The molecule has 1 aliphatic heterocycles. The number of hydrogen-bond donors (Lipinski definition) is 1. The average molecular weight is 343 g/mol. The lowest BCUT2D eigenvalue weighted by molar-refractivity contribution is -0.117. The fraction of sp³-hybridized carbons (Fsp3) is 0.474. The van der Waals surface area contributed by atoms with Crippen molar-refractivity contribution < 1.29 is 4.79 Å². The zero-order valence-corrected chi connectivity index (χ0v) is 15.2. The summed E-state index contributed by atoms with van der Waals surface area (Å²) < 4.78 is 0. The molecule has 1 amide bonds. The molecule has 0 bridgehead atoms. The predicted molar refractivity (Wildman–Crippen MR) is 99.6 cm³/mol. The molecular formula is C19H25N3OS. The highest BCUT2D eigenvalue weighted by Crippen LogP contribution is 2.22. The van der Waals surface area contributed by atoms with Crippen molar-refractivity contribution in [3.8, 4) is 0 Å². The molecule has 1 fully saturated rings. The summed E-state index contributed by atoms with van der Waals surface area (Å²) in [5.41, 5.74) is 2.54. The Morgan fingerprint density at radius 3 is 3.12 bits per heavy atom. The summed E-state index contributed by atoms with van der Waals surface area (Å²) in [4.78, 5) is 20.0. The van der Waals surface area contributed by atoms with E-state index in [0.717, 1.165) is 19.5 Å². The molecule has 0 radical (unpaired) electrons. The molecule has 1 N–H and O–H groups in total. The molecule has 128 valence electrons. The standard InChI is InChI=1S/C19H25N3OS/c1-14-5-3-7-16(9-14)10-17-11-20-19(24-17)21-18(23)13-22-8-4-6-15(2)12-22/h3,5,7,9,11,15H,4,6,8,10,12-13H2,1-2H3,(H,20,21,23). The number of aromatic nitrogens is 1. The second kappa shape index (κ2) is 7.90. The van der Waals surface area contributed by atoms with Crippen LogP contribution in [0, 0.1) is 12.8 Å². The van der Waals surface area contributed by atoms with Crippen molar-refractivity contribution in [3.63, 3.8) is 0 Å². The van der Waals surface area contributed by atoms with Crippen LogP contribution in [0.15, 0.2) is 30.5 Å². The Hall–Kier alpha value is -1.72. The van der Waals surface area contributed by atoms with Gasteiger partial charge in [-0.15, -0.1) is 11.3 Å². The molecule has 1 atom stereocenters. The summed E-state index contributed by atoms with van der Waals surface area (Å²) in [5.74, 6) is 0.730. The van der Waals surface area contributed by atoms with Crippen LogP contribution in [0.3, 0.4) is 0 Å². The maximum Gasteiger partial charge on any atom is 0.240 e. The van der Waals surface area contributed by atoms with Gasteiger partial charge in [-0.05, 0) is 37.8 Å². The first-order chi connectivity index (χ1) is 11.6. The smallest absolute Gasteiger partial charge is 0.240 e. The van der Waals surface area contributed by atoms with Gasteiger partial charge in [0.1, 0.15) is 0 Å². The summed E-state index contributed by atoms with van der Waals surface area (Å²) in [5, 5.41) is 3.65. The number of benzene rings is 1. The highest BCUT2D eigenvalue weighted by Gasteiger charge is 2.19. The van der Waals surface area contributed by atoms with E-state index in [-0.39, 0.29) is 5.91 Å². The van der Waals surface area contributed by atoms with Crippen molar-refractivity contribution in [2.24, 2.45) is 5.92 Å². The molecule has 1 aromatic carbocycles. The van der Waals surface area contributed by atoms with Gasteiger partial charge in [0.15, 0.2) is 5.13 Å². The number of nitrogens with zero attached hydrogens (tertiary/aromatic N) is 2. The van der Waals surface area contributed by atoms with Crippen LogP contribution in [-0.2, 0) is 11.2 Å². The van der Waals surface area contributed by atoms with E-state index >= 15 is 0 Å². The van der Waals surface area contributed by atoms with Gasteiger partial charge in [0.2, 0.25) is 5.91 Å².